The zero-order valence-electron chi connectivity index (χ0n) is 8.54. The normalized spacial score (nSPS) is 9.57. The van der Waals surface area contributed by atoms with Gasteiger partial charge in [-0.2, -0.15) is 0 Å². The van der Waals surface area contributed by atoms with E-state index in [-0.39, 0.29) is 0 Å². The average Bonchev–Trinajstić information content (AvgIpc) is 2.21. The molecule has 3 nitrogen and oxygen atoms in total. The van der Waals surface area contributed by atoms with Gasteiger partial charge in [0.1, 0.15) is 5.75 Å². The van der Waals surface area contributed by atoms with E-state index < -0.39 is 6.09 Å². The summed E-state index contributed by atoms with van der Waals surface area (Å²) in [6, 6.07) is 7.56. The lowest BCUT2D eigenvalue weighted by Gasteiger charge is -2.04. The van der Waals surface area contributed by atoms with Crippen molar-refractivity contribution in [3.63, 3.8) is 0 Å². The highest BCUT2D eigenvalue weighted by molar-refractivity contribution is 5.69. The molecule has 0 aliphatic carbocycles. The fraction of sp³-hybridized carbons (Fsp3) is 0.364. The molecule has 0 bridgehead atoms. The van der Waals surface area contributed by atoms with E-state index >= 15 is 0 Å². The molecular weight excluding hydrogens is 178 g/mol. The molecule has 1 aromatic rings. The summed E-state index contributed by atoms with van der Waals surface area (Å²) in [7, 11) is 1.54. The molecule has 1 amide bonds. The first-order valence-corrected chi connectivity index (χ1v) is 4.74. The van der Waals surface area contributed by atoms with Crippen LogP contribution in [0.25, 0.3) is 0 Å². The first-order valence-electron chi connectivity index (χ1n) is 4.74. The van der Waals surface area contributed by atoms with Crippen molar-refractivity contribution in [2.24, 2.45) is 0 Å². The fourth-order valence-corrected chi connectivity index (χ4v) is 1.17. The van der Waals surface area contributed by atoms with Gasteiger partial charge >= 0.3 is 6.09 Å². The average molecular weight is 193 g/mol. The number of ether oxygens (including phenoxy) is 1. The second-order valence-corrected chi connectivity index (χ2v) is 3.03. The number of hydrogen-bond donors (Lipinski definition) is 1. The second-order valence-electron chi connectivity index (χ2n) is 3.03. The Kier molecular flexibility index (Phi) is 3.98. The Bertz CT molecular complexity index is 293. The third-order valence-corrected chi connectivity index (χ3v) is 1.88. The van der Waals surface area contributed by atoms with Crippen molar-refractivity contribution in [1.82, 2.24) is 5.32 Å². The van der Waals surface area contributed by atoms with Gasteiger partial charge in [-0.3, -0.25) is 0 Å². The molecular formula is C11H15NO2. The maximum atomic E-state index is 10.9. The fourth-order valence-electron chi connectivity index (χ4n) is 1.17. The molecule has 14 heavy (non-hydrogen) atoms. The van der Waals surface area contributed by atoms with Gasteiger partial charge < -0.3 is 10.1 Å². The van der Waals surface area contributed by atoms with Crippen LogP contribution in [0.2, 0.25) is 0 Å². The number of carbonyl (C=O) groups excluding carboxylic acids is 1. The number of carbonyl (C=O) groups is 1. The minimum Gasteiger partial charge on any atom is -0.410 e. The lowest BCUT2D eigenvalue weighted by Crippen LogP contribution is -2.21. The number of benzene rings is 1. The summed E-state index contributed by atoms with van der Waals surface area (Å²) in [5, 5.41) is 2.39. The number of hydrogen-bond acceptors (Lipinski definition) is 2. The smallest absolute Gasteiger partial charge is 0.410 e. The van der Waals surface area contributed by atoms with Gasteiger partial charge in [-0.1, -0.05) is 25.5 Å². The van der Waals surface area contributed by atoms with Crippen LogP contribution in [0.4, 0.5) is 4.79 Å². The number of aryl methyl sites for hydroxylation is 1. The zero-order chi connectivity index (χ0) is 10.4. The van der Waals surface area contributed by atoms with Gasteiger partial charge in [-0.05, 0) is 24.1 Å². The topological polar surface area (TPSA) is 38.3 Å². The molecule has 0 saturated carbocycles. The summed E-state index contributed by atoms with van der Waals surface area (Å²) in [6.45, 7) is 2.13. The van der Waals surface area contributed by atoms with Gasteiger partial charge in [0.25, 0.3) is 0 Å². The molecule has 0 fully saturated rings. The molecule has 1 N–H and O–H groups in total. The van der Waals surface area contributed by atoms with E-state index in [1.54, 1.807) is 12.1 Å². The van der Waals surface area contributed by atoms with Crippen LogP contribution in [-0.2, 0) is 6.42 Å². The highest BCUT2D eigenvalue weighted by Gasteiger charge is 2.00. The molecule has 0 spiro atoms. The number of rotatable bonds is 3. The summed E-state index contributed by atoms with van der Waals surface area (Å²) < 4.78 is 4.95. The molecule has 3 heteroatoms. The van der Waals surface area contributed by atoms with Gasteiger partial charge in [0.15, 0.2) is 0 Å². The Labute approximate surface area is 84.1 Å². The lowest BCUT2D eigenvalue weighted by atomic mass is 10.1. The summed E-state index contributed by atoms with van der Waals surface area (Å²) in [5.74, 6) is 0.573. The Morgan fingerprint density at radius 3 is 2.50 bits per heavy atom. The van der Waals surface area contributed by atoms with Crippen LogP contribution in [0.15, 0.2) is 24.3 Å². The molecule has 0 unspecified atom stereocenters. The van der Waals surface area contributed by atoms with Crippen molar-refractivity contribution in [2.75, 3.05) is 7.05 Å². The van der Waals surface area contributed by atoms with Crippen LogP contribution in [0, 0.1) is 0 Å². The van der Waals surface area contributed by atoms with Crippen molar-refractivity contribution >= 4 is 6.09 Å². The largest absolute Gasteiger partial charge is 0.412 e. The highest BCUT2D eigenvalue weighted by Crippen LogP contribution is 2.13. The van der Waals surface area contributed by atoms with Crippen molar-refractivity contribution < 1.29 is 9.53 Å². The van der Waals surface area contributed by atoms with Crippen molar-refractivity contribution in [3.05, 3.63) is 29.8 Å². The van der Waals surface area contributed by atoms with Crippen LogP contribution in [0.5, 0.6) is 5.75 Å². The van der Waals surface area contributed by atoms with Crippen molar-refractivity contribution in [2.45, 2.75) is 19.8 Å². The maximum absolute atomic E-state index is 10.9. The van der Waals surface area contributed by atoms with Crippen LogP contribution in [-0.4, -0.2) is 13.1 Å². The quantitative estimate of drug-likeness (QED) is 0.800. The Morgan fingerprint density at radius 1 is 1.36 bits per heavy atom. The van der Waals surface area contributed by atoms with Crippen LogP contribution >= 0.6 is 0 Å². The van der Waals surface area contributed by atoms with Gasteiger partial charge in [0, 0.05) is 7.05 Å². The van der Waals surface area contributed by atoms with Crippen LogP contribution in [0.3, 0.4) is 0 Å². The van der Waals surface area contributed by atoms with E-state index in [0.29, 0.717) is 5.75 Å². The molecule has 0 radical (unpaired) electrons. The van der Waals surface area contributed by atoms with E-state index in [2.05, 4.69) is 12.2 Å². The predicted octanol–water partition coefficient (Wildman–Crippen LogP) is 2.36. The van der Waals surface area contributed by atoms with E-state index in [4.69, 9.17) is 4.74 Å². The molecule has 0 aliphatic rings. The molecule has 0 heterocycles. The van der Waals surface area contributed by atoms with E-state index in [1.807, 2.05) is 12.1 Å². The summed E-state index contributed by atoms with van der Waals surface area (Å²) in [6.07, 6.45) is 1.74. The molecule has 0 aromatic heterocycles. The first-order chi connectivity index (χ1) is 6.76. The van der Waals surface area contributed by atoms with Crippen LogP contribution in [0.1, 0.15) is 18.9 Å². The molecule has 0 aliphatic heterocycles. The molecule has 0 saturated heterocycles. The summed E-state index contributed by atoms with van der Waals surface area (Å²) in [4.78, 5) is 10.9. The molecule has 76 valence electrons. The highest BCUT2D eigenvalue weighted by atomic mass is 16.5. The van der Waals surface area contributed by atoms with E-state index in [0.717, 1.165) is 12.8 Å². The Balaban J connectivity index is 2.59. The monoisotopic (exact) mass is 193 g/mol. The SMILES string of the molecule is CCCc1ccc(OC(=O)NC)cc1. The number of amides is 1. The van der Waals surface area contributed by atoms with Crippen LogP contribution < -0.4 is 10.1 Å². The third-order valence-electron chi connectivity index (χ3n) is 1.88. The first kappa shape index (κ1) is 10.6. The van der Waals surface area contributed by atoms with Gasteiger partial charge in [0.05, 0.1) is 0 Å². The molecule has 1 rings (SSSR count). The lowest BCUT2D eigenvalue weighted by molar-refractivity contribution is 0.203. The minimum atomic E-state index is -0.437. The van der Waals surface area contributed by atoms with Crippen molar-refractivity contribution in [3.8, 4) is 5.75 Å². The summed E-state index contributed by atoms with van der Waals surface area (Å²) >= 11 is 0. The minimum absolute atomic E-state index is 0.437. The second kappa shape index (κ2) is 5.27. The number of nitrogens with one attached hydrogen (secondary N) is 1. The predicted molar refractivity (Wildman–Crippen MR) is 55.5 cm³/mol. The summed E-state index contributed by atoms with van der Waals surface area (Å²) in [5.41, 5.74) is 1.26. The van der Waals surface area contributed by atoms with Crippen molar-refractivity contribution in [1.29, 1.82) is 0 Å². The molecule has 1 aromatic carbocycles. The third kappa shape index (κ3) is 3.09. The molecule has 0 atom stereocenters. The Morgan fingerprint density at radius 2 is 2.00 bits per heavy atom. The maximum Gasteiger partial charge on any atom is 0.412 e. The van der Waals surface area contributed by atoms with Gasteiger partial charge in [0.2, 0.25) is 0 Å². The zero-order valence-corrected chi connectivity index (χ0v) is 8.54. The van der Waals surface area contributed by atoms with E-state index in [9.17, 15) is 4.79 Å². The van der Waals surface area contributed by atoms with Gasteiger partial charge in [-0.15, -0.1) is 0 Å². The Hall–Kier alpha value is -1.51. The van der Waals surface area contributed by atoms with Gasteiger partial charge in [-0.25, -0.2) is 4.79 Å². The van der Waals surface area contributed by atoms with E-state index in [1.165, 1.54) is 12.6 Å². The standard InChI is InChI=1S/C11H15NO2/c1-3-4-9-5-7-10(8-6-9)14-11(13)12-2/h5-8H,3-4H2,1-2H3,(H,12,13).